The second kappa shape index (κ2) is 4.62. The fourth-order valence-electron chi connectivity index (χ4n) is 2.06. The molecule has 0 heterocycles. The van der Waals surface area contributed by atoms with Crippen LogP contribution in [0.25, 0.3) is 0 Å². The van der Waals surface area contributed by atoms with Crippen molar-refractivity contribution in [3.8, 4) is 0 Å². The first kappa shape index (κ1) is 12.0. The highest BCUT2D eigenvalue weighted by molar-refractivity contribution is 7.89. The monoisotopic (exact) mass is 219 g/mol. The highest BCUT2D eigenvalue weighted by Gasteiger charge is 2.29. The van der Waals surface area contributed by atoms with Crippen LogP contribution in [-0.2, 0) is 10.0 Å². The van der Waals surface area contributed by atoms with Crippen molar-refractivity contribution in [2.45, 2.75) is 46.1 Å². The van der Waals surface area contributed by atoms with E-state index in [-0.39, 0.29) is 11.8 Å². The van der Waals surface area contributed by atoms with Crippen molar-refractivity contribution in [1.29, 1.82) is 0 Å². The van der Waals surface area contributed by atoms with Crippen LogP contribution in [0.5, 0.6) is 0 Å². The predicted octanol–water partition coefficient (Wildman–Crippen LogP) is 1.75. The van der Waals surface area contributed by atoms with E-state index < -0.39 is 10.0 Å². The van der Waals surface area contributed by atoms with Crippen molar-refractivity contribution in [2.75, 3.05) is 5.75 Å². The van der Waals surface area contributed by atoms with Crippen molar-refractivity contribution >= 4 is 10.0 Å². The van der Waals surface area contributed by atoms with Crippen LogP contribution in [0, 0.1) is 11.8 Å². The molecule has 1 N–H and O–H groups in total. The third-order valence-electron chi connectivity index (χ3n) is 3.42. The number of sulfonamides is 1. The second-order valence-electron chi connectivity index (χ2n) is 4.40. The van der Waals surface area contributed by atoms with Gasteiger partial charge in [-0.2, -0.15) is 0 Å². The van der Waals surface area contributed by atoms with Gasteiger partial charge in [0.15, 0.2) is 0 Å². The van der Waals surface area contributed by atoms with Crippen LogP contribution < -0.4 is 4.72 Å². The lowest BCUT2D eigenvalue weighted by Gasteiger charge is -2.34. The van der Waals surface area contributed by atoms with Crippen molar-refractivity contribution in [1.82, 2.24) is 4.72 Å². The van der Waals surface area contributed by atoms with E-state index in [2.05, 4.69) is 18.6 Å². The van der Waals surface area contributed by atoms with Gasteiger partial charge in [0, 0.05) is 6.04 Å². The van der Waals surface area contributed by atoms with E-state index in [1.165, 1.54) is 6.42 Å². The molecule has 14 heavy (non-hydrogen) atoms. The maximum Gasteiger partial charge on any atom is 0.211 e. The molecule has 3 nitrogen and oxygen atoms in total. The standard InChI is InChI=1S/C10H21NO2S/c1-4-14(12,13)11-10-7-5-6-8(2)9(10)3/h8-11H,4-7H2,1-3H3/t8-,9+,10+/m0/s1. The Morgan fingerprint density at radius 1 is 1.29 bits per heavy atom. The summed E-state index contributed by atoms with van der Waals surface area (Å²) in [5.41, 5.74) is 0. The Labute approximate surface area is 87.3 Å². The summed E-state index contributed by atoms with van der Waals surface area (Å²) in [5, 5.41) is 0. The minimum Gasteiger partial charge on any atom is -0.212 e. The Morgan fingerprint density at radius 2 is 1.93 bits per heavy atom. The van der Waals surface area contributed by atoms with Crippen molar-refractivity contribution in [3.05, 3.63) is 0 Å². The van der Waals surface area contributed by atoms with Gasteiger partial charge in [-0.15, -0.1) is 0 Å². The van der Waals surface area contributed by atoms with Crippen LogP contribution in [0.3, 0.4) is 0 Å². The Bertz CT molecular complexity index is 274. The molecule has 0 aliphatic heterocycles. The van der Waals surface area contributed by atoms with Crippen LogP contribution >= 0.6 is 0 Å². The molecule has 0 radical (unpaired) electrons. The summed E-state index contributed by atoms with van der Waals surface area (Å²) in [6, 6.07) is 0.156. The fourth-order valence-corrected chi connectivity index (χ4v) is 3.02. The van der Waals surface area contributed by atoms with Gasteiger partial charge in [0.05, 0.1) is 5.75 Å². The van der Waals surface area contributed by atoms with Crippen LogP contribution in [0.2, 0.25) is 0 Å². The summed E-state index contributed by atoms with van der Waals surface area (Å²) in [6.07, 6.45) is 3.36. The number of hydrogen-bond donors (Lipinski definition) is 1. The average molecular weight is 219 g/mol. The van der Waals surface area contributed by atoms with Gasteiger partial charge < -0.3 is 0 Å². The molecule has 0 aromatic carbocycles. The summed E-state index contributed by atoms with van der Waals surface area (Å²) in [6.45, 7) is 6.03. The highest BCUT2D eigenvalue weighted by Crippen LogP contribution is 2.29. The summed E-state index contributed by atoms with van der Waals surface area (Å²) in [5.74, 6) is 1.28. The fraction of sp³-hybridized carbons (Fsp3) is 1.00. The zero-order valence-electron chi connectivity index (χ0n) is 9.29. The molecule has 0 aromatic rings. The van der Waals surface area contributed by atoms with E-state index in [1.54, 1.807) is 6.92 Å². The van der Waals surface area contributed by atoms with Gasteiger partial charge in [-0.3, -0.25) is 0 Å². The first-order valence-corrected chi connectivity index (χ1v) is 7.11. The van der Waals surface area contributed by atoms with E-state index in [1.807, 2.05) is 0 Å². The molecule has 0 unspecified atom stereocenters. The molecule has 0 spiro atoms. The van der Waals surface area contributed by atoms with Crippen LogP contribution in [-0.4, -0.2) is 20.2 Å². The van der Waals surface area contributed by atoms with Gasteiger partial charge in [0.25, 0.3) is 0 Å². The Hall–Kier alpha value is -0.0900. The number of nitrogens with one attached hydrogen (secondary N) is 1. The quantitative estimate of drug-likeness (QED) is 0.786. The predicted molar refractivity (Wildman–Crippen MR) is 58.6 cm³/mol. The summed E-state index contributed by atoms with van der Waals surface area (Å²) in [7, 11) is -3.03. The smallest absolute Gasteiger partial charge is 0.211 e. The van der Waals surface area contributed by atoms with Crippen LogP contribution in [0.15, 0.2) is 0 Å². The topological polar surface area (TPSA) is 46.2 Å². The minimum atomic E-state index is -3.03. The third kappa shape index (κ3) is 2.95. The first-order chi connectivity index (χ1) is 6.46. The molecule has 1 aliphatic carbocycles. The van der Waals surface area contributed by atoms with Gasteiger partial charge in [0.1, 0.15) is 0 Å². The van der Waals surface area contributed by atoms with Crippen molar-refractivity contribution in [2.24, 2.45) is 11.8 Å². The Balaban J connectivity index is 2.60. The largest absolute Gasteiger partial charge is 0.212 e. The van der Waals surface area contributed by atoms with Gasteiger partial charge in [-0.05, 0) is 25.2 Å². The molecule has 1 rings (SSSR count). The van der Waals surface area contributed by atoms with E-state index >= 15 is 0 Å². The molecule has 3 atom stereocenters. The zero-order valence-corrected chi connectivity index (χ0v) is 10.1. The summed E-state index contributed by atoms with van der Waals surface area (Å²) < 4.78 is 25.6. The van der Waals surface area contributed by atoms with Gasteiger partial charge in [0.2, 0.25) is 10.0 Å². The zero-order chi connectivity index (χ0) is 10.8. The van der Waals surface area contributed by atoms with Gasteiger partial charge >= 0.3 is 0 Å². The Morgan fingerprint density at radius 3 is 2.50 bits per heavy atom. The third-order valence-corrected chi connectivity index (χ3v) is 4.84. The molecular weight excluding hydrogens is 198 g/mol. The molecule has 0 saturated heterocycles. The van der Waals surface area contributed by atoms with E-state index in [4.69, 9.17) is 0 Å². The van der Waals surface area contributed by atoms with Crippen molar-refractivity contribution in [3.63, 3.8) is 0 Å². The second-order valence-corrected chi connectivity index (χ2v) is 6.44. The first-order valence-electron chi connectivity index (χ1n) is 5.46. The van der Waals surface area contributed by atoms with Crippen LogP contribution in [0.1, 0.15) is 40.0 Å². The summed E-state index contributed by atoms with van der Waals surface area (Å²) in [4.78, 5) is 0. The lowest BCUT2D eigenvalue weighted by Crippen LogP contribution is -2.44. The minimum absolute atomic E-state index is 0.156. The molecule has 1 aliphatic rings. The van der Waals surface area contributed by atoms with Gasteiger partial charge in [-0.25, -0.2) is 13.1 Å². The number of hydrogen-bond acceptors (Lipinski definition) is 2. The lowest BCUT2D eigenvalue weighted by molar-refractivity contribution is 0.227. The maximum atomic E-state index is 11.4. The lowest BCUT2D eigenvalue weighted by atomic mass is 9.78. The SMILES string of the molecule is CCS(=O)(=O)N[C@@H]1CCC[C@H](C)[C@H]1C. The normalized spacial score (nSPS) is 34.4. The number of rotatable bonds is 3. The molecule has 84 valence electrons. The van der Waals surface area contributed by atoms with E-state index in [9.17, 15) is 8.42 Å². The van der Waals surface area contributed by atoms with Crippen molar-refractivity contribution < 1.29 is 8.42 Å². The highest BCUT2D eigenvalue weighted by atomic mass is 32.2. The Kier molecular flexibility index (Phi) is 3.95. The average Bonchev–Trinajstić information content (AvgIpc) is 2.13. The summed E-state index contributed by atoms with van der Waals surface area (Å²) >= 11 is 0. The molecule has 4 heteroatoms. The molecule has 1 saturated carbocycles. The molecule has 0 amide bonds. The molecule has 0 bridgehead atoms. The van der Waals surface area contributed by atoms with Crippen LogP contribution in [0.4, 0.5) is 0 Å². The van der Waals surface area contributed by atoms with Gasteiger partial charge in [-0.1, -0.05) is 26.7 Å². The molecule has 0 aromatic heterocycles. The molecule has 1 fully saturated rings. The molecular formula is C10H21NO2S. The van der Waals surface area contributed by atoms with E-state index in [0.717, 1.165) is 12.8 Å². The van der Waals surface area contributed by atoms with E-state index in [0.29, 0.717) is 11.8 Å². The maximum absolute atomic E-state index is 11.4.